The molecule has 146 valence electrons. The summed E-state index contributed by atoms with van der Waals surface area (Å²) in [6.45, 7) is 6.75. The average Bonchev–Trinajstić information content (AvgIpc) is 2.63. The number of nitrogens with one attached hydrogen (secondary N) is 1. The fourth-order valence-corrected chi connectivity index (χ4v) is 3.01. The lowest BCUT2D eigenvalue weighted by Crippen LogP contribution is -2.25. The molecule has 2 aromatic carbocycles. The number of benzene rings is 2. The van der Waals surface area contributed by atoms with Gasteiger partial charge >= 0.3 is 0 Å². The molecule has 0 fully saturated rings. The van der Waals surface area contributed by atoms with Crippen LogP contribution in [0.4, 0.5) is 0 Å². The molecule has 0 atom stereocenters. The first kappa shape index (κ1) is 20.8. The average molecular weight is 370 g/mol. The molecule has 0 spiro atoms. The zero-order valence-corrected chi connectivity index (χ0v) is 16.9. The Morgan fingerprint density at radius 1 is 1.07 bits per heavy atom. The van der Waals surface area contributed by atoms with Gasteiger partial charge in [-0.1, -0.05) is 24.3 Å². The summed E-state index contributed by atoms with van der Waals surface area (Å²) in [4.78, 5) is 12.1. The molecule has 0 heterocycles. The summed E-state index contributed by atoms with van der Waals surface area (Å²) < 4.78 is 11.0. The minimum Gasteiger partial charge on any atom is -0.496 e. The van der Waals surface area contributed by atoms with Crippen LogP contribution in [-0.4, -0.2) is 25.7 Å². The highest BCUT2D eigenvalue weighted by Gasteiger charge is 2.05. The first-order chi connectivity index (χ1) is 13.0. The van der Waals surface area contributed by atoms with Gasteiger partial charge in [0.15, 0.2) is 0 Å². The lowest BCUT2D eigenvalue weighted by atomic mass is 10.1. The van der Waals surface area contributed by atoms with Crippen LogP contribution in [0.3, 0.4) is 0 Å². The van der Waals surface area contributed by atoms with Crippen molar-refractivity contribution in [2.75, 3.05) is 13.7 Å². The van der Waals surface area contributed by atoms with Crippen molar-refractivity contribution in [2.24, 2.45) is 0 Å². The van der Waals surface area contributed by atoms with E-state index in [1.54, 1.807) is 7.11 Å². The molecular weight excluding hydrogens is 338 g/mol. The van der Waals surface area contributed by atoms with Gasteiger partial charge in [0, 0.05) is 13.0 Å². The van der Waals surface area contributed by atoms with Crippen molar-refractivity contribution in [1.82, 2.24) is 5.32 Å². The van der Waals surface area contributed by atoms with Gasteiger partial charge in [-0.25, -0.2) is 0 Å². The fourth-order valence-electron chi connectivity index (χ4n) is 3.01. The summed E-state index contributed by atoms with van der Waals surface area (Å²) in [5.74, 6) is 1.88. The van der Waals surface area contributed by atoms with Crippen molar-refractivity contribution in [3.63, 3.8) is 0 Å². The molecule has 27 heavy (non-hydrogen) atoms. The predicted octanol–water partition coefficient (Wildman–Crippen LogP) is 4.47. The van der Waals surface area contributed by atoms with Gasteiger partial charge < -0.3 is 14.8 Å². The minimum atomic E-state index is 0.0976. The maximum absolute atomic E-state index is 12.1. The van der Waals surface area contributed by atoms with Crippen molar-refractivity contribution in [3.8, 4) is 11.5 Å². The topological polar surface area (TPSA) is 47.6 Å². The minimum absolute atomic E-state index is 0.0976. The maximum atomic E-state index is 12.1. The van der Waals surface area contributed by atoms with Crippen LogP contribution in [-0.2, 0) is 17.6 Å². The first-order valence-corrected chi connectivity index (χ1v) is 9.63. The summed E-state index contributed by atoms with van der Waals surface area (Å²) in [7, 11) is 1.67. The van der Waals surface area contributed by atoms with Crippen LogP contribution in [0.15, 0.2) is 42.5 Å². The van der Waals surface area contributed by atoms with E-state index in [-0.39, 0.29) is 12.0 Å². The van der Waals surface area contributed by atoms with Gasteiger partial charge in [0.2, 0.25) is 5.91 Å². The highest BCUT2D eigenvalue weighted by Crippen LogP contribution is 2.19. The summed E-state index contributed by atoms with van der Waals surface area (Å²) in [5, 5.41) is 3.01. The van der Waals surface area contributed by atoms with E-state index >= 15 is 0 Å². The molecule has 0 unspecified atom stereocenters. The quantitative estimate of drug-likeness (QED) is 0.629. The summed E-state index contributed by atoms with van der Waals surface area (Å²) in [5.41, 5.74) is 3.49. The molecule has 0 aliphatic heterocycles. The van der Waals surface area contributed by atoms with E-state index < -0.39 is 0 Å². The zero-order chi connectivity index (χ0) is 19.6. The molecule has 1 N–H and O–H groups in total. The largest absolute Gasteiger partial charge is 0.496 e. The molecule has 0 saturated carbocycles. The Bertz CT molecular complexity index is 740. The molecule has 2 rings (SSSR count). The van der Waals surface area contributed by atoms with Gasteiger partial charge in [0.1, 0.15) is 11.5 Å². The van der Waals surface area contributed by atoms with Crippen LogP contribution < -0.4 is 14.8 Å². The van der Waals surface area contributed by atoms with E-state index in [2.05, 4.69) is 23.5 Å². The van der Waals surface area contributed by atoms with Crippen molar-refractivity contribution < 1.29 is 14.3 Å². The molecular formula is C23H31NO3. The van der Waals surface area contributed by atoms with E-state index in [1.807, 2.05) is 45.0 Å². The SMILES string of the molecule is COc1ccc(CCC(=O)NCCCc2cccc(OC(C)C)c2)cc1C. The molecule has 0 saturated heterocycles. The van der Waals surface area contributed by atoms with Gasteiger partial charge in [0.25, 0.3) is 0 Å². The predicted molar refractivity (Wildman–Crippen MR) is 110 cm³/mol. The molecule has 1 amide bonds. The van der Waals surface area contributed by atoms with Gasteiger partial charge in [-0.15, -0.1) is 0 Å². The lowest BCUT2D eigenvalue weighted by molar-refractivity contribution is -0.121. The van der Waals surface area contributed by atoms with Gasteiger partial charge in [0.05, 0.1) is 13.2 Å². The van der Waals surface area contributed by atoms with Crippen LogP contribution in [0.25, 0.3) is 0 Å². The van der Waals surface area contributed by atoms with E-state index in [9.17, 15) is 4.79 Å². The zero-order valence-electron chi connectivity index (χ0n) is 16.9. The van der Waals surface area contributed by atoms with Crippen LogP contribution >= 0.6 is 0 Å². The number of hydrogen-bond donors (Lipinski definition) is 1. The second-order valence-electron chi connectivity index (χ2n) is 7.07. The van der Waals surface area contributed by atoms with Gasteiger partial charge in [-0.3, -0.25) is 4.79 Å². The van der Waals surface area contributed by atoms with E-state index in [0.29, 0.717) is 13.0 Å². The monoisotopic (exact) mass is 369 g/mol. The van der Waals surface area contributed by atoms with Crippen molar-refractivity contribution in [3.05, 3.63) is 59.2 Å². The third-order valence-electron chi connectivity index (χ3n) is 4.33. The number of methoxy groups -OCH3 is 1. The number of ether oxygens (including phenoxy) is 2. The Balaban J connectivity index is 1.68. The van der Waals surface area contributed by atoms with Crippen molar-refractivity contribution >= 4 is 5.91 Å². The molecule has 0 aliphatic rings. The highest BCUT2D eigenvalue weighted by atomic mass is 16.5. The summed E-state index contributed by atoms with van der Waals surface area (Å²) in [6, 6.07) is 14.2. The van der Waals surface area contributed by atoms with Crippen LogP contribution in [0, 0.1) is 6.92 Å². The Hall–Kier alpha value is -2.49. The maximum Gasteiger partial charge on any atom is 0.220 e. The standard InChI is InChI=1S/C23H31NO3/c1-17(2)27-21-9-5-7-19(16-21)8-6-14-24-23(25)13-11-20-10-12-22(26-4)18(3)15-20/h5,7,9-10,12,15-17H,6,8,11,13-14H2,1-4H3,(H,24,25). The molecule has 0 aromatic heterocycles. The van der Waals surface area contributed by atoms with Crippen LogP contribution in [0.2, 0.25) is 0 Å². The van der Waals surface area contributed by atoms with E-state index in [1.165, 1.54) is 5.56 Å². The lowest BCUT2D eigenvalue weighted by Gasteiger charge is -2.11. The van der Waals surface area contributed by atoms with Crippen LogP contribution in [0.1, 0.15) is 43.4 Å². The molecule has 0 radical (unpaired) electrons. The molecule has 4 heteroatoms. The molecule has 0 bridgehead atoms. The Kier molecular flexibility index (Phi) is 8.18. The number of hydrogen-bond acceptors (Lipinski definition) is 3. The Morgan fingerprint density at radius 2 is 1.85 bits per heavy atom. The molecule has 2 aromatic rings. The normalized spacial score (nSPS) is 10.7. The summed E-state index contributed by atoms with van der Waals surface area (Å²) in [6.07, 6.45) is 3.26. The number of aryl methyl sites for hydroxylation is 3. The first-order valence-electron chi connectivity index (χ1n) is 9.63. The van der Waals surface area contributed by atoms with Crippen LogP contribution in [0.5, 0.6) is 11.5 Å². The third kappa shape index (κ3) is 7.33. The second kappa shape index (κ2) is 10.6. The smallest absolute Gasteiger partial charge is 0.220 e. The highest BCUT2D eigenvalue weighted by molar-refractivity contribution is 5.76. The van der Waals surface area contributed by atoms with Crippen molar-refractivity contribution in [2.45, 2.75) is 52.6 Å². The Labute approximate surface area is 162 Å². The Morgan fingerprint density at radius 3 is 2.56 bits per heavy atom. The van der Waals surface area contributed by atoms with E-state index in [0.717, 1.165) is 41.9 Å². The number of rotatable bonds is 10. The number of carbonyl (C=O) groups excluding carboxylic acids is 1. The molecule has 0 aliphatic carbocycles. The summed E-state index contributed by atoms with van der Waals surface area (Å²) >= 11 is 0. The fraction of sp³-hybridized carbons (Fsp3) is 0.435. The number of carbonyl (C=O) groups is 1. The third-order valence-corrected chi connectivity index (χ3v) is 4.33. The van der Waals surface area contributed by atoms with Gasteiger partial charge in [-0.2, -0.15) is 0 Å². The molecule has 4 nitrogen and oxygen atoms in total. The second-order valence-corrected chi connectivity index (χ2v) is 7.07. The number of amides is 1. The van der Waals surface area contributed by atoms with Gasteiger partial charge in [-0.05, 0) is 74.9 Å². The van der Waals surface area contributed by atoms with Crippen molar-refractivity contribution in [1.29, 1.82) is 0 Å². The van der Waals surface area contributed by atoms with E-state index in [4.69, 9.17) is 9.47 Å².